The van der Waals surface area contributed by atoms with Crippen molar-refractivity contribution >= 4 is 17.4 Å². The number of amides is 2. The quantitative estimate of drug-likeness (QED) is 0.782. The van der Waals surface area contributed by atoms with Crippen LogP contribution in [0, 0.1) is 19.8 Å². The smallest absolute Gasteiger partial charge is 0.277 e. The number of piperidine rings is 1. The second kappa shape index (κ2) is 8.26. The van der Waals surface area contributed by atoms with Crippen molar-refractivity contribution in [2.45, 2.75) is 46.5 Å². The number of imide groups is 1. The lowest BCUT2D eigenvalue weighted by Crippen LogP contribution is -2.40. The molecular weight excluding hydrogens is 340 g/mol. The van der Waals surface area contributed by atoms with Gasteiger partial charge in [-0.2, -0.15) is 0 Å². The van der Waals surface area contributed by atoms with E-state index < -0.39 is 0 Å². The molecule has 1 aromatic carbocycles. The first kappa shape index (κ1) is 19.6. The standard InChI is InChI=1S/C22H30N2O3/c1-4-5-11-24-21(26)19(18-9-8-15(2)16(3)12-18)20(22(24)27)23-10-6-7-17(13-23)14-25/h8-9,12,17,25H,4-7,10-11,13-14H2,1-3H3. The summed E-state index contributed by atoms with van der Waals surface area (Å²) in [5, 5.41) is 9.58. The summed E-state index contributed by atoms with van der Waals surface area (Å²) < 4.78 is 0. The molecule has 27 heavy (non-hydrogen) atoms. The number of aliphatic hydroxyl groups is 1. The van der Waals surface area contributed by atoms with Gasteiger partial charge >= 0.3 is 0 Å². The van der Waals surface area contributed by atoms with E-state index in [2.05, 4.69) is 6.92 Å². The third-order valence-electron chi connectivity index (χ3n) is 5.77. The van der Waals surface area contributed by atoms with Crippen LogP contribution < -0.4 is 0 Å². The number of aryl methyl sites for hydroxylation is 2. The number of likely N-dealkylation sites (tertiary alicyclic amines) is 1. The van der Waals surface area contributed by atoms with Crippen LogP contribution in [0.4, 0.5) is 0 Å². The highest BCUT2D eigenvalue weighted by Crippen LogP contribution is 2.34. The maximum absolute atomic E-state index is 13.2. The van der Waals surface area contributed by atoms with E-state index in [-0.39, 0.29) is 24.3 Å². The Balaban J connectivity index is 2.05. The van der Waals surface area contributed by atoms with Crippen molar-refractivity contribution in [3.05, 3.63) is 40.6 Å². The molecule has 5 heteroatoms. The Morgan fingerprint density at radius 2 is 1.93 bits per heavy atom. The van der Waals surface area contributed by atoms with Crippen molar-refractivity contribution in [1.82, 2.24) is 9.80 Å². The van der Waals surface area contributed by atoms with Gasteiger partial charge in [-0.25, -0.2) is 0 Å². The van der Waals surface area contributed by atoms with Crippen molar-refractivity contribution in [3.8, 4) is 0 Å². The number of carbonyl (C=O) groups is 2. The molecule has 0 spiro atoms. The summed E-state index contributed by atoms with van der Waals surface area (Å²) in [5.74, 6) is -0.210. The number of benzene rings is 1. The van der Waals surface area contributed by atoms with Crippen LogP contribution in [0.3, 0.4) is 0 Å². The van der Waals surface area contributed by atoms with Crippen molar-refractivity contribution < 1.29 is 14.7 Å². The van der Waals surface area contributed by atoms with E-state index in [1.807, 2.05) is 36.9 Å². The zero-order valence-corrected chi connectivity index (χ0v) is 16.6. The normalized spacial score (nSPS) is 20.8. The molecule has 1 atom stereocenters. The van der Waals surface area contributed by atoms with Crippen LogP contribution in [-0.2, 0) is 9.59 Å². The predicted octanol–water partition coefficient (Wildman–Crippen LogP) is 2.89. The fraction of sp³-hybridized carbons (Fsp3) is 0.545. The van der Waals surface area contributed by atoms with Crippen molar-refractivity contribution in [1.29, 1.82) is 0 Å². The van der Waals surface area contributed by atoms with Crippen LogP contribution in [-0.4, -0.2) is 53.0 Å². The molecule has 146 valence electrons. The van der Waals surface area contributed by atoms with Gasteiger partial charge in [0.25, 0.3) is 11.8 Å². The Hall–Kier alpha value is -2.14. The SMILES string of the molecule is CCCCN1C(=O)C(c2ccc(C)c(C)c2)=C(N2CCCC(CO)C2)C1=O. The molecule has 1 unspecified atom stereocenters. The first-order valence-electron chi connectivity index (χ1n) is 10.0. The lowest BCUT2D eigenvalue weighted by Gasteiger charge is -2.34. The summed E-state index contributed by atoms with van der Waals surface area (Å²) in [5.41, 5.74) is 4.14. The van der Waals surface area contributed by atoms with E-state index in [0.29, 0.717) is 24.4 Å². The summed E-state index contributed by atoms with van der Waals surface area (Å²) in [4.78, 5) is 29.8. The second-order valence-corrected chi connectivity index (χ2v) is 7.77. The highest BCUT2D eigenvalue weighted by Gasteiger charge is 2.42. The molecule has 3 rings (SSSR count). The number of unbranched alkanes of at least 4 members (excludes halogenated alkanes) is 1. The third-order valence-corrected chi connectivity index (χ3v) is 5.77. The Labute approximate surface area is 161 Å². The maximum atomic E-state index is 13.2. The molecule has 1 fully saturated rings. The Kier molecular flexibility index (Phi) is 6.00. The van der Waals surface area contributed by atoms with Gasteiger partial charge in [-0.1, -0.05) is 31.5 Å². The first-order chi connectivity index (χ1) is 13.0. The molecule has 1 saturated heterocycles. The number of hydrogen-bond donors (Lipinski definition) is 1. The summed E-state index contributed by atoms with van der Waals surface area (Å²) in [7, 11) is 0. The minimum absolute atomic E-state index is 0.116. The largest absolute Gasteiger partial charge is 0.396 e. The van der Waals surface area contributed by atoms with Crippen LogP contribution in [0.1, 0.15) is 49.3 Å². The van der Waals surface area contributed by atoms with E-state index in [9.17, 15) is 14.7 Å². The summed E-state index contributed by atoms with van der Waals surface area (Å²) >= 11 is 0. The van der Waals surface area contributed by atoms with Gasteiger partial charge in [0, 0.05) is 26.2 Å². The van der Waals surface area contributed by atoms with E-state index in [1.165, 1.54) is 10.5 Å². The maximum Gasteiger partial charge on any atom is 0.277 e. The van der Waals surface area contributed by atoms with Gasteiger partial charge in [-0.3, -0.25) is 14.5 Å². The number of hydrogen-bond acceptors (Lipinski definition) is 4. The van der Waals surface area contributed by atoms with Gasteiger partial charge in [-0.15, -0.1) is 0 Å². The van der Waals surface area contributed by atoms with E-state index >= 15 is 0 Å². The molecule has 2 aliphatic heterocycles. The molecule has 0 aromatic heterocycles. The van der Waals surface area contributed by atoms with Crippen molar-refractivity contribution in [2.24, 2.45) is 5.92 Å². The molecule has 1 N–H and O–H groups in total. The summed E-state index contributed by atoms with van der Waals surface area (Å²) in [6, 6.07) is 5.96. The van der Waals surface area contributed by atoms with Crippen molar-refractivity contribution in [2.75, 3.05) is 26.2 Å². The van der Waals surface area contributed by atoms with Crippen molar-refractivity contribution in [3.63, 3.8) is 0 Å². The molecule has 2 amide bonds. The van der Waals surface area contributed by atoms with Gasteiger partial charge in [0.1, 0.15) is 5.70 Å². The molecule has 2 aliphatic rings. The van der Waals surface area contributed by atoms with E-state index in [4.69, 9.17) is 0 Å². The molecule has 1 aromatic rings. The lowest BCUT2D eigenvalue weighted by molar-refractivity contribution is -0.137. The third kappa shape index (κ3) is 3.79. The molecule has 2 heterocycles. The first-order valence-corrected chi connectivity index (χ1v) is 10.0. The molecule has 5 nitrogen and oxygen atoms in total. The number of rotatable bonds is 6. The Morgan fingerprint density at radius 3 is 2.59 bits per heavy atom. The summed E-state index contributed by atoms with van der Waals surface area (Å²) in [6.45, 7) is 8.08. The van der Waals surface area contributed by atoms with Crippen LogP contribution in [0.2, 0.25) is 0 Å². The minimum atomic E-state index is -0.183. The Morgan fingerprint density at radius 1 is 1.15 bits per heavy atom. The molecular formula is C22H30N2O3. The monoisotopic (exact) mass is 370 g/mol. The summed E-state index contributed by atoms with van der Waals surface area (Å²) in [6.07, 6.45) is 3.62. The molecule has 0 aliphatic carbocycles. The van der Waals surface area contributed by atoms with E-state index in [1.54, 1.807) is 0 Å². The fourth-order valence-corrected chi connectivity index (χ4v) is 3.95. The zero-order valence-electron chi connectivity index (χ0n) is 16.6. The predicted molar refractivity (Wildman–Crippen MR) is 106 cm³/mol. The molecule has 0 radical (unpaired) electrons. The zero-order chi connectivity index (χ0) is 19.6. The average molecular weight is 370 g/mol. The van der Waals surface area contributed by atoms with Crippen LogP contribution in [0.15, 0.2) is 23.9 Å². The van der Waals surface area contributed by atoms with Gasteiger partial charge in [0.2, 0.25) is 0 Å². The van der Waals surface area contributed by atoms with Gasteiger partial charge < -0.3 is 10.0 Å². The Bertz CT molecular complexity index is 769. The minimum Gasteiger partial charge on any atom is -0.396 e. The topological polar surface area (TPSA) is 60.9 Å². The highest BCUT2D eigenvalue weighted by atomic mass is 16.3. The fourth-order valence-electron chi connectivity index (χ4n) is 3.95. The van der Waals surface area contributed by atoms with Gasteiger partial charge in [-0.05, 0) is 55.7 Å². The number of aliphatic hydroxyl groups excluding tert-OH is 1. The molecule has 0 bridgehead atoms. The van der Waals surface area contributed by atoms with Gasteiger partial charge in [0.05, 0.1) is 5.57 Å². The van der Waals surface area contributed by atoms with Gasteiger partial charge in [0.15, 0.2) is 0 Å². The van der Waals surface area contributed by atoms with Crippen LogP contribution >= 0.6 is 0 Å². The second-order valence-electron chi connectivity index (χ2n) is 7.77. The lowest BCUT2D eigenvalue weighted by atomic mass is 9.96. The average Bonchev–Trinajstić information content (AvgIpc) is 2.92. The highest BCUT2D eigenvalue weighted by molar-refractivity contribution is 6.35. The van der Waals surface area contributed by atoms with Crippen LogP contribution in [0.5, 0.6) is 0 Å². The van der Waals surface area contributed by atoms with E-state index in [0.717, 1.165) is 43.4 Å². The number of carbonyl (C=O) groups excluding carboxylic acids is 2. The number of nitrogens with zero attached hydrogens (tertiary/aromatic N) is 2. The van der Waals surface area contributed by atoms with Crippen LogP contribution in [0.25, 0.3) is 5.57 Å². The molecule has 0 saturated carbocycles.